The predicted octanol–water partition coefficient (Wildman–Crippen LogP) is 2.82. The number of halogens is 2. The van der Waals surface area contributed by atoms with Crippen molar-refractivity contribution in [2.45, 2.75) is 38.9 Å². The molecule has 0 radical (unpaired) electrons. The molecule has 1 heterocycles. The van der Waals surface area contributed by atoms with Crippen LogP contribution in [0, 0.1) is 0 Å². The van der Waals surface area contributed by atoms with Crippen molar-refractivity contribution in [1.82, 2.24) is 10.3 Å². The van der Waals surface area contributed by atoms with Crippen LogP contribution < -0.4 is 5.32 Å². The Morgan fingerprint density at radius 1 is 1.50 bits per heavy atom. The molecule has 0 unspecified atom stereocenters. The number of pyridine rings is 1. The number of aliphatic hydroxyl groups is 1. The van der Waals surface area contributed by atoms with Crippen LogP contribution in [-0.4, -0.2) is 34.4 Å². The van der Waals surface area contributed by atoms with Gasteiger partial charge in [0.15, 0.2) is 0 Å². The number of hydrogen-bond donors (Lipinski definition) is 2. The summed E-state index contributed by atoms with van der Waals surface area (Å²) >= 11 is 11.5. The summed E-state index contributed by atoms with van der Waals surface area (Å²) in [4.78, 5) is 15.3. The van der Waals surface area contributed by atoms with Crippen LogP contribution in [0.4, 0.5) is 4.79 Å². The van der Waals surface area contributed by atoms with Gasteiger partial charge in [-0.1, -0.05) is 23.2 Å². The van der Waals surface area contributed by atoms with Gasteiger partial charge in [0, 0.05) is 19.2 Å². The van der Waals surface area contributed by atoms with Crippen LogP contribution in [-0.2, 0) is 11.2 Å². The highest BCUT2D eigenvalue weighted by Crippen LogP contribution is 2.20. The van der Waals surface area contributed by atoms with Crippen LogP contribution in [0.5, 0.6) is 0 Å². The molecule has 0 saturated heterocycles. The van der Waals surface area contributed by atoms with E-state index < -0.39 is 17.8 Å². The zero-order chi connectivity index (χ0) is 15.3. The van der Waals surface area contributed by atoms with E-state index in [1.807, 2.05) is 0 Å². The van der Waals surface area contributed by atoms with Crippen molar-refractivity contribution in [2.75, 3.05) is 6.54 Å². The van der Waals surface area contributed by atoms with Gasteiger partial charge >= 0.3 is 6.09 Å². The summed E-state index contributed by atoms with van der Waals surface area (Å²) in [5.74, 6) is 0. The van der Waals surface area contributed by atoms with Crippen molar-refractivity contribution >= 4 is 29.3 Å². The minimum absolute atomic E-state index is 0.0785. The van der Waals surface area contributed by atoms with Crippen molar-refractivity contribution in [3.63, 3.8) is 0 Å². The fraction of sp³-hybridized carbons (Fsp3) is 0.538. The molecule has 0 fully saturated rings. The normalized spacial score (nSPS) is 12.9. The molecule has 1 aromatic heterocycles. The number of carbonyl (C=O) groups is 1. The number of alkyl carbamates (subject to hydrolysis) is 1. The first-order valence-electron chi connectivity index (χ1n) is 6.12. The van der Waals surface area contributed by atoms with E-state index in [1.165, 1.54) is 6.20 Å². The first kappa shape index (κ1) is 17.0. The standard InChI is InChI=1S/C13H18Cl2N2O3/c1-13(2,3)20-12(19)17-7-9(18)4-8-5-10(14)11(15)16-6-8/h5-6,9,18H,4,7H2,1-3H3,(H,17,19)/t9-/m1/s1. The monoisotopic (exact) mass is 320 g/mol. The summed E-state index contributed by atoms with van der Waals surface area (Å²) in [5, 5.41) is 12.9. The highest BCUT2D eigenvalue weighted by atomic mass is 35.5. The minimum atomic E-state index is -0.762. The van der Waals surface area contributed by atoms with E-state index in [1.54, 1.807) is 26.8 Å². The van der Waals surface area contributed by atoms with E-state index >= 15 is 0 Å². The second kappa shape index (κ2) is 7.11. The maximum absolute atomic E-state index is 11.4. The quantitative estimate of drug-likeness (QED) is 0.837. The summed E-state index contributed by atoms with van der Waals surface area (Å²) in [6.45, 7) is 5.38. The van der Waals surface area contributed by atoms with Crippen LogP contribution in [0.25, 0.3) is 0 Å². The molecule has 1 atom stereocenters. The molecule has 0 aliphatic rings. The topological polar surface area (TPSA) is 71.5 Å². The number of nitrogens with zero attached hydrogens (tertiary/aromatic N) is 1. The molecule has 1 aromatic rings. The van der Waals surface area contributed by atoms with Crippen LogP contribution in [0.1, 0.15) is 26.3 Å². The van der Waals surface area contributed by atoms with Gasteiger partial charge in [-0.05, 0) is 32.4 Å². The smallest absolute Gasteiger partial charge is 0.407 e. The van der Waals surface area contributed by atoms with Crippen molar-refractivity contribution in [1.29, 1.82) is 0 Å². The summed E-state index contributed by atoms with van der Waals surface area (Å²) in [6.07, 6.45) is 0.510. The molecule has 20 heavy (non-hydrogen) atoms. The van der Waals surface area contributed by atoms with Crippen molar-refractivity contribution in [2.24, 2.45) is 0 Å². The third-order valence-corrected chi connectivity index (χ3v) is 2.89. The zero-order valence-electron chi connectivity index (χ0n) is 11.6. The van der Waals surface area contributed by atoms with E-state index in [0.717, 1.165) is 5.56 Å². The molecule has 0 spiro atoms. The van der Waals surface area contributed by atoms with Crippen molar-refractivity contribution in [3.05, 3.63) is 28.0 Å². The number of rotatable bonds is 4. The average Bonchev–Trinajstić information content (AvgIpc) is 2.29. The second-order valence-electron chi connectivity index (χ2n) is 5.36. The number of carbonyl (C=O) groups excluding carboxylic acids is 1. The number of aliphatic hydroxyl groups excluding tert-OH is 1. The lowest BCUT2D eigenvalue weighted by Crippen LogP contribution is -2.37. The van der Waals surface area contributed by atoms with Gasteiger partial charge in [0.1, 0.15) is 10.8 Å². The lowest BCUT2D eigenvalue weighted by atomic mass is 10.1. The second-order valence-corrected chi connectivity index (χ2v) is 6.12. The van der Waals surface area contributed by atoms with E-state index in [4.69, 9.17) is 27.9 Å². The van der Waals surface area contributed by atoms with Crippen LogP contribution in [0.3, 0.4) is 0 Å². The van der Waals surface area contributed by atoms with E-state index in [9.17, 15) is 9.90 Å². The van der Waals surface area contributed by atoms with Gasteiger partial charge in [-0.2, -0.15) is 0 Å². The molecule has 0 aliphatic heterocycles. The molecule has 0 aliphatic carbocycles. The molecule has 112 valence electrons. The van der Waals surface area contributed by atoms with E-state index in [-0.39, 0.29) is 11.7 Å². The van der Waals surface area contributed by atoms with Gasteiger partial charge in [-0.15, -0.1) is 0 Å². The van der Waals surface area contributed by atoms with Gasteiger partial charge in [-0.25, -0.2) is 9.78 Å². The molecule has 0 bridgehead atoms. The Kier molecular flexibility index (Phi) is 6.05. The summed E-state index contributed by atoms with van der Waals surface area (Å²) < 4.78 is 5.06. The summed E-state index contributed by atoms with van der Waals surface area (Å²) in [5.41, 5.74) is 0.167. The number of amides is 1. The minimum Gasteiger partial charge on any atom is -0.444 e. The van der Waals surface area contributed by atoms with Crippen LogP contribution >= 0.6 is 23.2 Å². The van der Waals surface area contributed by atoms with Gasteiger partial charge in [0.2, 0.25) is 0 Å². The molecular formula is C13H18Cl2N2O3. The van der Waals surface area contributed by atoms with Crippen LogP contribution in [0.2, 0.25) is 10.2 Å². The van der Waals surface area contributed by atoms with Crippen molar-refractivity contribution < 1.29 is 14.6 Å². The third kappa shape index (κ3) is 6.41. The Hall–Kier alpha value is -1.04. The van der Waals surface area contributed by atoms with E-state index in [0.29, 0.717) is 11.4 Å². The maximum atomic E-state index is 11.4. The first-order chi connectivity index (χ1) is 9.17. The number of ether oxygens (including phenoxy) is 1. The van der Waals surface area contributed by atoms with Crippen molar-refractivity contribution in [3.8, 4) is 0 Å². The molecule has 0 aromatic carbocycles. The van der Waals surface area contributed by atoms with Gasteiger partial charge in [0.25, 0.3) is 0 Å². The Labute approximate surface area is 128 Å². The Balaban J connectivity index is 2.42. The first-order valence-corrected chi connectivity index (χ1v) is 6.88. The Morgan fingerprint density at radius 2 is 2.15 bits per heavy atom. The summed E-state index contributed by atoms with van der Waals surface area (Å²) in [7, 11) is 0. The molecule has 0 saturated carbocycles. The Morgan fingerprint density at radius 3 is 2.70 bits per heavy atom. The average molecular weight is 321 g/mol. The zero-order valence-corrected chi connectivity index (χ0v) is 13.1. The fourth-order valence-corrected chi connectivity index (χ4v) is 1.72. The molecule has 1 amide bonds. The number of aromatic nitrogens is 1. The highest BCUT2D eigenvalue weighted by molar-refractivity contribution is 6.41. The maximum Gasteiger partial charge on any atom is 0.407 e. The van der Waals surface area contributed by atoms with Crippen LogP contribution in [0.15, 0.2) is 12.3 Å². The van der Waals surface area contributed by atoms with Gasteiger partial charge in [0.05, 0.1) is 11.1 Å². The molecule has 2 N–H and O–H groups in total. The van der Waals surface area contributed by atoms with E-state index in [2.05, 4.69) is 10.3 Å². The fourth-order valence-electron chi connectivity index (χ4n) is 1.43. The molecule has 1 rings (SSSR count). The molecular weight excluding hydrogens is 303 g/mol. The largest absolute Gasteiger partial charge is 0.444 e. The number of hydrogen-bond acceptors (Lipinski definition) is 4. The lowest BCUT2D eigenvalue weighted by Gasteiger charge is -2.20. The molecule has 7 heteroatoms. The summed E-state index contributed by atoms with van der Waals surface area (Å²) in [6, 6.07) is 1.63. The lowest BCUT2D eigenvalue weighted by molar-refractivity contribution is 0.0492. The predicted molar refractivity (Wildman–Crippen MR) is 78.2 cm³/mol. The Bertz CT molecular complexity index is 475. The molecule has 5 nitrogen and oxygen atoms in total. The van der Waals surface area contributed by atoms with Gasteiger partial charge in [-0.3, -0.25) is 0 Å². The SMILES string of the molecule is CC(C)(C)OC(=O)NC[C@H](O)Cc1cnc(Cl)c(Cl)c1. The highest BCUT2D eigenvalue weighted by Gasteiger charge is 2.17. The van der Waals surface area contributed by atoms with Gasteiger partial charge < -0.3 is 15.2 Å². The third-order valence-electron chi connectivity index (χ3n) is 2.21. The number of nitrogens with one attached hydrogen (secondary N) is 1.